The maximum Gasteiger partial charge on any atom is 0.245 e. The van der Waals surface area contributed by atoms with Gasteiger partial charge in [-0.1, -0.05) is 26.0 Å². The van der Waals surface area contributed by atoms with Gasteiger partial charge >= 0.3 is 0 Å². The molecule has 0 aliphatic carbocycles. The molecule has 1 fully saturated rings. The van der Waals surface area contributed by atoms with Crippen molar-refractivity contribution in [2.45, 2.75) is 37.1 Å². The summed E-state index contributed by atoms with van der Waals surface area (Å²) in [5.74, 6) is -0.415. The molecule has 0 saturated carbocycles. The van der Waals surface area contributed by atoms with E-state index in [-0.39, 0.29) is 16.6 Å². The lowest BCUT2D eigenvalue weighted by Gasteiger charge is -2.17. The van der Waals surface area contributed by atoms with E-state index in [1.165, 1.54) is 29.2 Å². The fourth-order valence-corrected chi connectivity index (χ4v) is 4.18. The van der Waals surface area contributed by atoms with E-state index in [1.54, 1.807) is 24.3 Å². The largest absolute Gasteiger partial charge is 0.311 e. The molecule has 0 spiro atoms. The fraction of sp³-hybridized carbons (Fsp3) is 0.316. The van der Waals surface area contributed by atoms with Gasteiger partial charge in [0.15, 0.2) is 0 Å². The van der Waals surface area contributed by atoms with E-state index >= 15 is 0 Å². The van der Waals surface area contributed by atoms with Crippen LogP contribution in [0, 0.1) is 5.82 Å². The number of halogens is 1. The number of rotatable bonds is 5. The van der Waals surface area contributed by atoms with Gasteiger partial charge in [-0.3, -0.25) is 4.79 Å². The molecular formula is C19H21FN2O3S. The molecule has 3 rings (SSSR count). The van der Waals surface area contributed by atoms with Gasteiger partial charge < -0.3 is 4.90 Å². The van der Waals surface area contributed by atoms with Gasteiger partial charge in [-0.25, -0.2) is 12.8 Å². The Morgan fingerprint density at radius 2 is 1.69 bits per heavy atom. The van der Waals surface area contributed by atoms with Crippen LogP contribution in [0.4, 0.5) is 10.1 Å². The molecule has 1 unspecified atom stereocenters. The molecule has 0 radical (unpaired) electrons. The molecular weight excluding hydrogens is 355 g/mol. The molecule has 0 bridgehead atoms. The predicted molar refractivity (Wildman–Crippen MR) is 98.0 cm³/mol. The summed E-state index contributed by atoms with van der Waals surface area (Å²) in [6, 6.07) is 11.4. The number of anilines is 1. The number of hydrogen-bond donors (Lipinski definition) is 1. The minimum Gasteiger partial charge on any atom is -0.311 e. The third-order valence-corrected chi connectivity index (χ3v) is 5.99. The number of carbonyl (C=O) groups is 1. The smallest absolute Gasteiger partial charge is 0.245 e. The Kier molecular flexibility index (Phi) is 5.11. The summed E-state index contributed by atoms with van der Waals surface area (Å²) in [6.07, 6.45) is 0.361. The van der Waals surface area contributed by atoms with Crippen LogP contribution in [-0.2, 0) is 14.8 Å². The maximum absolute atomic E-state index is 13.0. The molecule has 2 aromatic rings. The van der Waals surface area contributed by atoms with Gasteiger partial charge in [-0.05, 0) is 54.3 Å². The first-order valence-electron chi connectivity index (χ1n) is 8.47. The Morgan fingerprint density at radius 1 is 1.08 bits per heavy atom. The van der Waals surface area contributed by atoms with Gasteiger partial charge in [0, 0.05) is 12.2 Å². The highest BCUT2D eigenvalue weighted by Crippen LogP contribution is 2.23. The summed E-state index contributed by atoms with van der Waals surface area (Å²) >= 11 is 0. The van der Waals surface area contributed by atoms with E-state index in [4.69, 9.17) is 0 Å². The Balaban J connectivity index is 1.74. The van der Waals surface area contributed by atoms with E-state index < -0.39 is 16.1 Å². The average molecular weight is 376 g/mol. The zero-order chi connectivity index (χ0) is 18.9. The van der Waals surface area contributed by atoms with Crippen LogP contribution >= 0.6 is 0 Å². The molecule has 1 aliphatic rings. The van der Waals surface area contributed by atoms with Crippen molar-refractivity contribution < 1.29 is 17.6 Å². The summed E-state index contributed by atoms with van der Waals surface area (Å²) in [5, 5.41) is 0. The van der Waals surface area contributed by atoms with E-state index in [0.29, 0.717) is 24.6 Å². The van der Waals surface area contributed by atoms with Gasteiger partial charge in [-0.15, -0.1) is 0 Å². The molecule has 1 aliphatic heterocycles. The first kappa shape index (κ1) is 18.5. The van der Waals surface area contributed by atoms with E-state index in [0.717, 1.165) is 5.56 Å². The highest BCUT2D eigenvalue weighted by molar-refractivity contribution is 7.89. The third-order valence-electron chi connectivity index (χ3n) is 4.50. The second-order valence-electron chi connectivity index (χ2n) is 6.65. The summed E-state index contributed by atoms with van der Waals surface area (Å²) in [5.41, 5.74) is 1.60. The lowest BCUT2D eigenvalue weighted by Crippen LogP contribution is -2.41. The Hall–Kier alpha value is -2.25. The van der Waals surface area contributed by atoms with Gasteiger partial charge in [0.1, 0.15) is 11.9 Å². The van der Waals surface area contributed by atoms with Crippen LogP contribution in [0.1, 0.15) is 31.7 Å². The fourth-order valence-electron chi connectivity index (χ4n) is 2.95. The van der Waals surface area contributed by atoms with Gasteiger partial charge in [0.25, 0.3) is 0 Å². The Bertz CT molecular complexity index is 893. The number of carbonyl (C=O) groups excluding carboxylic acids is 1. The summed E-state index contributed by atoms with van der Waals surface area (Å²) in [6.45, 7) is 4.44. The lowest BCUT2D eigenvalue weighted by molar-refractivity contribution is -0.118. The SMILES string of the molecule is CC(C)c1ccc(S(=O)(=O)NC2CCN(c3ccc(F)cc3)C2=O)cc1. The highest BCUT2D eigenvalue weighted by Gasteiger charge is 2.35. The second kappa shape index (κ2) is 7.17. The molecule has 0 aromatic heterocycles. The van der Waals surface area contributed by atoms with Crippen molar-refractivity contribution in [3.8, 4) is 0 Å². The number of amides is 1. The monoisotopic (exact) mass is 376 g/mol. The molecule has 1 saturated heterocycles. The summed E-state index contributed by atoms with van der Waals surface area (Å²) in [4.78, 5) is 14.1. The van der Waals surface area contributed by atoms with E-state index in [1.807, 2.05) is 13.8 Å². The lowest BCUT2D eigenvalue weighted by atomic mass is 10.0. The average Bonchev–Trinajstić information content (AvgIpc) is 2.96. The van der Waals surface area contributed by atoms with Crippen molar-refractivity contribution in [3.63, 3.8) is 0 Å². The minimum absolute atomic E-state index is 0.134. The number of hydrogen-bond acceptors (Lipinski definition) is 3. The van der Waals surface area contributed by atoms with Crippen molar-refractivity contribution in [1.29, 1.82) is 0 Å². The quantitative estimate of drug-likeness (QED) is 0.872. The van der Waals surface area contributed by atoms with Crippen molar-refractivity contribution in [2.24, 2.45) is 0 Å². The van der Waals surface area contributed by atoms with Gasteiger partial charge in [0.2, 0.25) is 15.9 Å². The molecule has 1 N–H and O–H groups in total. The third kappa shape index (κ3) is 3.78. The standard InChI is InChI=1S/C19H21FN2O3S/c1-13(2)14-3-9-17(10-4-14)26(24,25)21-18-11-12-22(19(18)23)16-7-5-15(20)6-8-16/h3-10,13,18,21H,11-12H2,1-2H3. The van der Waals surface area contributed by atoms with Crippen LogP contribution in [0.3, 0.4) is 0 Å². The summed E-state index contributed by atoms with van der Waals surface area (Å²) in [7, 11) is -3.79. The highest BCUT2D eigenvalue weighted by atomic mass is 32.2. The Labute approximate surface area is 152 Å². The van der Waals surface area contributed by atoms with Crippen LogP contribution in [0.15, 0.2) is 53.4 Å². The van der Waals surface area contributed by atoms with Crippen LogP contribution in [-0.4, -0.2) is 26.9 Å². The van der Waals surface area contributed by atoms with Crippen molar-refractivity contribution in [2.75, 3.05) is 11.4 Å². The van der Waals surface area contributed by atoms with Crippen LogP contribution in [0.25, 0.3) is 0 Å². The summed E-state index contributed by atoms with van der Waals surface area (Å²) < 4.78 is 40.7. The molecule has 5 nitrogen and oxygen atoms in total. The van der Waals surface area contributed by atoms with Crippen LogP contribution in [0.2, 0.25) is 0 Å². The normalized spacial score (nSPS) is 17.9. The van der Waals surface area contributed by atoms with E-state index in [2.05, 4.69) is 4.72 Å². The molecule has 1 atom stereocenters. The number of nitrogens with zero attached hydrogens (tertiary/aromatic N) is 1. The Morgan fingerprint density at radius 3 is 2.27 bits per heavy atom. The van der Waals surface area contributed by atoms with Crippen molar-refractivity contribution in [3.05, 3.63) is 59.9 Å². The molecule has 1 heterocycles. The first-order chi connectivity index (χ1) is 12.3. The topological polar surface area (TPSA) is 66.5 Å². The molecule has 2 aromatic carbocycles. The molecule has 7 heteroatoms. The van der Waals surface area contributed by atoms with Crippen LogP contribution < -0.4 is 9.62 Å². The minimum atomic E-state index is -3.79. The molecule has 1 amide bonds. The maximum atomic E-state index is 13.0. The second-order valence-corrected chi connectivity index (χ2v) is 8.37. The number of nitrogens with one attached hydrogen (secondary N) is 1. The number of benzene rings is 2. The first-order valence-corrected chi connectivity index (χ1v) is 9.95. The zero-order valence-corrected chi connectivity index (χ0v) is 15.5. The zero-order valence-electron chi connectivity index (χ0n) is 14.6. The van der Waals surface area contributed by atoms with Gasteiger partial charge in [0.05, 0.1) is 4.90 Å². The molecule has 138 valence electrons. The van der Waals surface area contributed by atoms with Crippen molar-refractivity contribution >= 4 is 21.6 Å². The predicted octanol–water partition coefficient (Wildman–Crippen LogP) is 3.03. The molecule has 26 heavy (non-hydrogen) atoms. The van der Waals surface area contributed by atoms with Crippen molar-refractivity contribution in [1.82, 2.24) is 4.72 Å². The van der Waals surface area contributed by atoms with Crippen LogP contribution in [0.5, 0.6) is 0 Å². The number of sulfonamides is 1. The van der Waals surface area contributed by atoms with Gasteiger partial charge in [-0.2, -0.15) is 4.72 Å². The van der Waals surface area contributed by atoms with E-state index in [9.17, 15) is 17.6 Å².